The number of aromatic carboxylic acids is 1. The van der Waals surface area contributed by atoms with E-state index in [9.17, 15) is 23.1 Å². The second-order valence-electron chi connectivity index (χ2n) is 6.57. The molecular formula is C18H18F3N3O3S. The number of carboxylic acids is 1. The molecule has 0 aliphatic carbocycles. The predicted molar refractivity (Wildman–Crippen MR) is 98.2 cm³/mol. The predicted octanol–water partition coefficient (Wildman–Crippen LogP) is 2.99. The number of benzene rings is 1. The summed E-state index contributed by atoms with van der Waals surface area (Å²) in [7, 11) is 0. The van der Waals surface area contributed by atoms with Crippen molar-refractivity contribution in [1.29, 1.82) is 0 Å². The van der Waals surface area contributed by atoms with Crippen LogP contribution in [0.3, 0.4) is 0 Å². The number of carbonyl (C=O) groups is 1. The van der Waals surface area contributed by atoms with Gasteiger partial charge in [-0.1, -0.05) is 0 Å². The Labute approximate surface area is 164 Å². The lowest BCUT2D eigenvalue weighted by Crippen LogP contribution is -2.35. The number of aromatic nitrogens is 2. The largest absolute Gasteiger partial charge is 0.477 e. The highest BCUT2D eigenvalue weighted by molar-refractivity contribution is 7.81. The van der Waals surface area contributed by atoms with Crippen LogP contribution in [0.15, 0.2) is 18.2 Å². The minimum absolute atomic E-state index is 0.00834. The van der Waals surface area contributed by atoms with E-state index in [1.54, 1.807) is 11.8 Å². The van der Waals surface area contributed by atoms with Crippen molar-refractivity contribution in [2.24, 2.45) is 0 Å². The van der Waals surface area contributed by atoms with E-state index < -0.39 is 23.4 Å². The van der Waals surface area contributed by atoms with Gasteiger partial charge in [-0.05, 0) is 25.5 Å². The van der Waals surface area contributed by atoms with E-state index in [0.29, 0.717) is 24.7 Å². The third-order valence-electron chi connectivity index (χ3n) is 4.37. The molecule has 1 aromatic heterocycles. The Balaban J connectivity index is 1.71. The topological polar surface area (TPSA) is 75.5 Å². The molecule has 6 nitrogen and oxygen atoms in total. The van der Waals surface area contributed by atoms with Gasteiger partial charge in [-0.2, -0.15) is 12.6 Å². The van der Waals surface area contributed by atoms with Crippen molar-refractivity contribution in [3.63, 3.8) is 0 Å². The zero-order valence-corrected chi connectivity index (χ0v) is 15.8. The normalized spacial score (nSPS) is 19.2. The van der Waals surface area contributed by atoms with E-state index >= 15 is 0 Å². The van der Waals surface area contributed by atoms with Crippen molar-refractivity contribution in [1.82, 2.24) is 9.97 Å². The molecule has 10 heteroatoms. The number of ether oxygens (including phenoxy) is 1. The van der Waals surface area contributed by atoms with Crippen LogP contribution < -0.4 is 4.90 Å². The molecule has 2 aromatic rings. The molecule has 150 valence electrons. The van der Waals surface area contributed by atoms with Gasteiger partial charge < -0.3 is 14.7 Å². The van der Waals surface area contributed by atoms with Gasteiger partial charge in [-0.15, -0.1) is 0 Å². The molecule has 0 bridgehead atoms. The lowest BCUT2D eigenvalue weighted by atomic mass is 10.2. The minimum atomic E-state index is -1.26. The molecule has 1 saturated heterocycles. The van der Waals surface area contributed by atoms with Gasteiger partial charge in [0.15, 0.2) is 17.3 Å². The number of halogens is 3. The Bertz CT molecular complexity index is 900. The van der Waals surface area contributed by atoms with Crippen LogP contribution in [0.5, 0.6) is 0 Å². The van der Waals surface area contributed by atoms with Gasteiger partial charge in [0.2, 0.25) is 5.95 Å². The monoisotopic (exact) mass is 413 g/mol. The first-order valence-electron chi connectivity index (χ1n) is 8.49. The van der Waals surface area contributed by atoms with Crippen molar-refractivity contribution < 1.29 is 27.8 Å². The van der Waals surface area contributed by atoms with E-state index in [0.717, 1.165) is 6.07 Å². The Hall–Kier alpha value is -2.33. The molecule has 3 rings (SSSR count). The van der Waals surface area contributed by atoms with Crippen LogP contribution >= 0.6 is 12.6 Å². The lowest BCUT2D eigenvalue weighted by Gasteiger charge is -2.25. The summed E-state index contributed by atoms with van der Waals surface area (Å²) in [4.78, 5) is 21.4. The highest BCUT2D eigenvalue weighted by Crippen LogP contribution is 2.27. The van der Waals surface area contributed by atoms with Crippen LogP contribution in [0.2, 0.25) is 0 Å². The standard InChI is InChI=1S/C18H18F3N3O3S/c1-9-2-16(17(25)26)23-18(22-9)24-6-12(28)4-11(24)8-27-7-10-3-14(20)15(21)5-13(10)19/h2-3,5,11-12,28H,4,6-8H2,1H3,(H,25,26)/t11-,12+/m0/s1. The van der Waals surface area contributed by atoms with Crippen molar-refractivity contribution in [2.45, 2.75) is 31.2 Å². The van der Waals surface area contributed by atoms with E-state index in [1.165, 1.54) is 6.07 Å². The van der Waals surface area contributed by atoms with Gasteiger partial charge in [0.25, 0.3) is 0 Å². The maximum absolute atomic E-state index is 13.7. The molecule has 1 fully saturated rings. The Kier molecular flexibility index (Phi) is 6.09. The van der Waals surface area contributed by atoms with Crippen molar-refractivity contribution in [2.75, 3.05) is 18.1 Å². The third-order valence-corrected chi connectivity index (χ3v) is 4.74. The number of nitrogens with zero attached hydrogens (tertiary/aromatic N) is 3. The maximum atomic E-state index is 13.7. The summed E-state index contributed by atoms with van der Waals surface area (Å²) < 4.78 is 45.5. The van der Waals surface area contributed by atoms with Gasteiger partial charge >= 0.3 is 5.97 Å². The summed E-state index contributed by atoms with van der Waals surface area (Å²) in [5.74, 6) is -4.20. The molecule has 0 saturated carbocycles. The second-order valence-corrected chi connectivity index (χ2v) is 7.30. The maximum Gasteiger partial charge on any atom is 0.354 e. The Morgan fingerprint density at radius 3 is 2.68 bits per heavy atom. The fourth-order valence-electron chi connectivity index (χ4n) is 3.07. The van der Waals surface area contributed by atoms with Gasteiger partial charge in [0.1, 0.15) is 5.82 Å². The minimum Gasteiger partial charge on any atom is -0.477 e. The van der Waals surface area contributed by atoms with Gasteiger partial charge in [0.05, 0.1) is 19.3 Å². The van der Waals surface area contributed by atoms with E-state index in [2.05, 4.69) is 22.6 Å². The van der Waals surface area contributed by atoms with Gasteiger partial charge in [-0.3, -0.25) is 0 Å². The molecule has 2 heterocycles. The first-order valence-corrected chi connectivity index (χ1v) is 9.01. The van der Waals surface area contributed by atoms with Crippen LogP contribution in [0, 0.1) is 24.4 Å². The quantitative estimate of drug-likeness (QED) is 0.560. The van der Waals surface area contributed by atoms with E-state index in [4.69, 9.17) is 4.74 Å². The van der Waals surface area contributed by atoms with E-state index in [1.807, 2.05) is 0 Å². The zero-order chi connectivity index (χ0) is 20.4. The molecule has 1 N–H and O–H groups in total. The average Bonchev–Trinajstić information content (AvgIpc) is 2.99. The summed E-state index contributed by atoms with van der Waals surface area (Å²) >= 11 is 4.47. The number of aryl methyl sites for hydroxylation is 1. The molecule has 28 heavy (non-hydrogen) atoms. The molecule has 0 spiro atoms. The number of thiol groups is 1. The van der Waals surface area contributed by atoms with Crippen molar-refractivity contribution >= 4 is 24.5 Å². The van der Waals surface area contributed by atoms with Crippen molar-refractivity contribution in [3.05, 3.63) is 52.6 Å². The molecule has 1 aliphatic rings. The average molecular weight is 413 g/mol. The van der Waals surface area contributed by atoms with Crippen molar-refractivity contribution in [3.8, 4) is 0 Å². The van der Waals surface area contributed by atoms with Crippen LogP contribution in [-0.2, 0) is 11.3 Å². The molecule has 0 radical (unpaired) electrons. The molecule has 2 atom stereocenters. The van der Waals surface area contributed by atoms with Crippen LogP contribution in [0.1, 0.15) is 28.2 Å². The number of carboxylic acid groups (broad SMARTS) is 1. The smallest absolute Gasteiger partial charge is 0.354 e. The fourth-order valence-corrected chi connectivity index (χ4v) is 3.48. The van der Waals surface area contributed by atoms with E-state index in [-0.39, 0.29) is 41.7 Å². The summed E-state index contributed by atoms with van der Waals surface area (Å²) in [6.07, 6.45) is 0.614. The first-order chi connectivity index (χ1) is 13.2. The van der Waals surface area contributed by atoms with Gasteiger partial charge in [-0.25, -0.2) is 27.9 Å². The number of hydrogen-bond donors (Lipinski definition) is 2. The number of anilines is 1. The second kappa shape index (κ2) is 8.36. The highest BCUT2D eigenvalue weighted by atomic mass is 32.1. The molecular weight excluding hydrogens is 395 g/mol. The number of hydrogen-bond acceptors (Lipinski definition) is 6. The lowest BCUT2D eigenvalue weighted by molar-refractivity contribution is 0.0690. The fraction of sp³-hybridized carbons (Fsp3) is 0.389. The SMILES string of the molecule is Cc1cc(C(=O)O)nc(N2C[C@H](S)C[C@H]2COCc2cc(F)c(F)cc2F)n1. The summed E-state index contributed by atoms with van der Waals surface area (Å²) in [6.45, 7) is 2.05. The molecule has 1 aromatic carbocycles. The summed E-state index contributed by atoms with van der Waals surface area (Å²) in [6, 6.07) is 2.39. The zero-order valence-electron chi connectivity index (χ0n) is 14.9. The molecule has 1 aliphatic heterocycles. The molecule has 0 unspecified atom stereocenters. The summed E-state index contributed by atoms with van der Waals surface area (Å²) in [5, 5.41) is 9.18. The van der Waals surface area contributed by atoms with Crippen LogP contribution in [0.4, 0.5) is 19.1 Å². The van der Waals surface area contributed by atoms with Gasteiger partial charge in [0, 0.05) is 29.1 Å². The Morgan fingerprint density at radius 2 is 1.96 bits per heavy atom. The number of rotatable bonds is 6. The third kappa shape index (κ3) is 4.56. The summed E-state index contributed by atoms with van der Waals surface area (Å²) in [5.41, 5.74) is 0.299. The van der Waals surface area contributed by atoms with Crippen LogP contribution in [-0.4, -0.2) is 45.5 Å². The highest BCUT2D eigenvalue weighted by Gasteiger charge is 2.33. The first kappa shape index (κ1) is 20.4. The van der Waals surface area contributed by atoms with Crippen LogP contribution in [0.25, 0.3) is 0 Å². The molecule has 0 amide bonds. The Morgan fingerprint density at radius 1 is 1.25 bits per heavy atom.